The number of amides is 4. The molecule has 40 heavy (non-hydrogen) atoms. The van der Waals surface area contributed by atoms with Crippen molar-refractivity contribution in [2.45, 2.75) is 77.5 Å². The second-order valence-corrected chi connectivity index (χ2v) is 10.8. The van der Waals surface area contributed by atoms with Crippen LogP contribution in [0.1, 0.15) is 51.8 Å². The van der Waals surface area contributed by atoms with Crippen LogP contribution in [0.2, 0.25) is 0 Å². The first-order chi connectivity index (χ1) is 18.9. The zero-order valence-corrected chi connectivity index (χ0v) is 23.9. The van der Waals surface area contributed by atoms with Crippen molar-refractivity contribution in [2.75, 3.05) is 7.05 Å². The highest BCUT2D eigenvalue weighted by Gasteiger charge is 2.31. The molecule has 2 rings (SSSR count). The van der Waals surface area contributed by atoms with Gasteiger partial charge in [0.15, 0.2) is 0 Å². The lowest BCUT2D eigenvalue weighted by Crippen LogP contribution is -2.58. The summed E-state index contributed by atoms with van der Waals surface area (Å²) in [5, 5.41) is 20.3. The second kappa shape index (κ2) is 15.6. The molecule has 220 valence electrons. The van der Waals surface area contributed by atoms with Crippen LogP contribution in [0.4, 0.5) is 0 Å². The molecular formula is C28H43N7O5. The van der Waals surface area contributed by atoms with Gasteiger partial charge in [0.2, 0.25) is 23.6 Å². The van der Waals surface area contributed by atoms with Crippen molar-refractivity contribution in [1.82, 2.24) is 31.2 Å². The molecule has 0 radical (unpaired) electrons. The molecule has 4 amide bonds. The van der Waals surface area contributed by atoms with Crippen LogP contribution in [0.15, 0.2) is 36.8 Å². The van der Waals surface area contributed by atoms with Crippen molar-refractivity contribution in [3.63, 3.8) is 0 Å². The molecule has 0 aliphatic heterocycles. The number of benzene rings is 1. The Morgan fingerprint density at radius 3 is 1.82 bits per heavy atom. The number of carbonyl (C=O) groups is 4. The first-order valence-electron chi connectivity index (χ1n) is 13.5. The predicted molar refractivity (Wildman–Crippen MR) is 151 cm³/mol. The summed E-state index contributed by atoms with van der Waals surface area (Å²) in [6, 6.07) is 2.71. The fourth-order valence-corrected chi connectivity index (χ4v) is 4.20. The van der Waals surface area contributed by atoms with Gasteiger partial charge >= 0.3 is 0 Å². The van der Waals surface area contributed by atoms with E-state index in [0.29, 0.717) is 18.5 Å². The van der Waals surface area contributed by atoms with Gasteiger partial charge in [-0.25, -0.2) is 4.98 Å². The molecule has 2 aromatic rings. The van der Waals surface area contributed by atoms with Gasteiger partial charge in [-0.15, -0.1) is 0 Å². The second-order valence-electron chi connectivity index (χ2n) is 10.8. The predicted octanol–water partition coefficient (Wildman–Crippen LogP) is 0.520. The maximum Gasteiger partial charge on any atom is 0.243 e. The largest absolute Gasteiger partial charge is 0.508 e. The number of H-pyrrole nitrogens is 1. The van der Waals surface area contributed by atoms with Crippen LogP contribution in [-0.4, -0.2) is 69.9 Å². The number of hydrogen-bond donors (Lipinski definition) is 7. The van der Waals surface area contributed by atoms with Gasteiger partial charge in [0.25, 0.3) is 0 Å². The number of imidazole rings is 1. The first-order valence-corrected chi connectivity index (χ1v) is 13.5. The molecule has 12 nitrogen and oxygen atoms in total. The van der Waals surface area contributed by atoms with Crippen molar-refractivity contribution in [1.29, 1.82) is 0 Å². The van der Waals surface area contributed by atoms with E-state index in [1.807, 2.05) is 27.7 Å². The lowest BCUT2D eigenvalue weighted by Gasteiger charge is -2.27. The molecule has 1 aromatic heterocycles. The van der Waals surface area contributed by atoms with Crippen LogP contribution in [0.25, 0.3) is 0 Å². The van der Waals surface area contributed by atoms with Crippen LogP contribution in [0.3, 0.4) is 0 Å². The Hall–Kier alpha value is -3.93. The average molecular weight is 558 g/mol. The molecule has 0 bridgehead atoms. The zero-order valence-electron chi connectivity index (χ0n) is 23.9. The van der Waals surface area contributed by atoms with Crippen molar-refractivity contribution >= 4 is 23.6 Å². The van der Waals surface area contributed by atoms with E-state index in [2.05, 4.69) is 31.2 Å². The first kappa shape index (κ1) is 32.3. The highest BCUT2D eigenvalue weighted by atomic mass is 16.3. The number of rotatable bonds is 15. The molecule has 0 fully saturated rings. The third-order valence-electron chi connectivity index (χ3n) is 6.26. The van der Waals surface area contributed by atoms with Gasteiger partial charge in [-0.05, 0) is 48.8 Å². The number of carbonyl (C=O) groups excluding carboxylic acids is 4. The van der Waals surface area contributed by atoms with E-state index in [1.165, 1.54) is 25.5 Å². The Balaban J connectivity index is 2.13. The lowest BCUT2D eigenvalue weighted by molar-refractivity contribution is -0.134. The van der Waals surface area contributed by atoms with E-state index < -0.39 is 47.8 Å². The Morgan fingerprint density at radius 2 is 1.35 bits per heavy atom. The van der Waals surface area contributed by atoms with Crippen LogP contribution >= 0.6 is 0 Å². The number of nitrogens with zero attached hydrogens (tertiary/aromatic N) is 1. The maximum atomic E-state index is 13.4. The molecule has 1 aromatic carbocycles. The maximum absolute atomic E-state index is 13.4. The molecule has 12 heteroatoms. The van der Waals surface area contributed by atoms with Gasteiger partial charge in [-0.3, -0.25) is 19.2 Å². The van der Waals surface area contributed by atoms with Crippen LogP contribution in [-0.2, 0) is 32.0 Å². The van der Waals surface area contributed by atoms with Crippen LogP contribution < -0.4 is 27.0 Å². The van der Waals surface area contributed by atoms with E-state index in [9.17, 15) is 24.3 Å². The number of aromatic amines is 1. The Morgan fingerprint density at radius 1 is 0.825 bits per heavy atom. The summed E-state index contributed by atoms with van der Waals surface area (Å²) in [4.78, 5) is 59.1. The Labute approximate surface area is 235 Å². The molecule has 0 saturated heterocycles. The van der Waals surface area contributed by atoms with Gasteiger partial charge in [-0.1, -0.05) is 39.8 Å². The van der Waals surface area contributed by atoms with Crippen molar-refractivity contribution < 1.29 is 24.3 Å². The van der Waals surface area contributed by atoms with Crippen molar-refractivity contribution in [3.8, 4) is 5.75 Å². The molecule has 0 aliphatic rings. The molecule has 1 heterocycles. The normalized spacial score (nSPS) is 14.2. The number of nitrogens with two attached hydrogens (primary N) is 1. The highest BCUT2D eigenvalue weighted by Crippen LogP contribution is 2.13. The standard InChI is InChI=1S/C28H43N7O5/c1-16(2)10-22(33-25(37)21(29)12-18-6-8-20(36)9-7-18)27(39)34-23(11-17(3)4)28(40)35-24(26(38)30-5)13-19-14-31-15-32-19/h6-9,14-17,21-24,36H,10-13,29H2,1-5H3,(H,30,38)(H,31,32)(H,33,37)(H,34,39)(H,35,40)/t21-,22-,23-,24-/m0/s1. The van der Waals surface area contributed by atoms with Crippen LogP contribution in [0.5, 0.6) is 5.75 Å². The summed E-state index contributed by atoms with van der Waals surface area (Å²) >= 11 is 0. The van der Waals surface area contributed by atoms with Gasteiger partial charge in [0, 0.05) is 19.7 Å². The van der Waals surface area contributed by atoms with Crippen molar-refractivity contribution in [2.24, 2.45) is 17.6 Å². The molecular weight excluding hydrogens is 514 g/mol. The quantitative estimate of drug-likeness (QED) is 0.166. The minimum absolute atomic E-state index is 0.0534. The fraction of sp³-hybridized carbons (Fsp3) is 0.536. The Kier molecular flexibility index (Phi) is 12.6. The molecule has 0 saturated carbocycles. The van der Waals surface area contributed by atoms with E-state index >= 15 is 0 Å². The van der Waals surface area contributed by atoms with E-state index in [0.717, 1.165) is 5.56 Å². The van der Waals surface area contributed by atoms with Crippen LogP contribution in [0, 0.1) is 11.8 Å². The monoisotopic (exact) mass is 557 g/mol. The number of phenolic OH excluding ortho intramolecular Hbond substituents is 1. The van der Waals surface area contributed by atoms with Crippen molar-refractivity contribution in [3.05, 3.63) is 48.0 Å². The SMILES string of the molecule is CNC(=O)[C@H](Cc1c[nH]cn1)NC(=O)[C@H](CC(C)C)NC(=O)[C@H](CC(C)C)NC(=O)[C@@H](N)Cc1ccc(O)cc1. The third-order valence-corrected chi connectivity index (χ3v) is 6.26. The molecule has 0 unspecified atom stereocenters. The average Bonchev–Trinajstić information content (AvgIpc) is 3.40. The van der Waals surface area contributed by atoms with E-state index in [4.69, 9.17) is 5.73 Å². The molecule has 8 N–H and O–H groups in total. The summed E-state index contributed by atoms with van der Waals surface area (Å²) in [5.74, 6) is -1.69. The minimum Gasteiger partial charge on any atom is -0.508 e. The smallest absolute Gasteiger partial charge is 0.243 e. The zero-order chi connectivity index (χ0) is 29.8. The summed E-state index contributed by atoms with van der Waals surface area (Å²) in [5.41, 5.74) is 7.48. The number of aromatic hydroxyl groups is 1. The molecule has 4 atom stereocenters. The summed E-state index contributed by atoms with van der Waals surface area (Å²) in [6.45, 7) is 7.68. The number of hydrogen-bond acceptors (Lipinski definition) is 7. The van der Waals surface area contributed by atoms with Gasteiger partial charge in [0.1, 0.15) is 23.9 Å². The van der Waals surface area contributed by atoms with Gasteiger partial charge < -0.3 is 37.1 Å². The summed E-state index contributed by atoms with van der Waals surface area (Å²) < 4.78 is 0. The number of nitrogens with one attached hydrogen (secondary N) is 5. The highest BCUT2D eigenvalue weighted by molar-refractivity contribution is 5.94. The minimum atomic E-state index is -0.934. The van der Waals surface area contributed by atoms with E-state index in [1.54, 1.807) is 18.3 Å². The van der Waals surface area contributed by atoms with Gasteiger partial charge in [-0.2, -0.15) is 0 Å². The number of phenols is 1. The number of likely N-dealkylation sites (N-methyl/N-ethyl adjacent to an activating group) is 1. The molecule has 0 aliphatic carbocycles. The van der Waals surface area contributed by atoms with E-state index in [-0.39, 0.29) is 30.4 Å². The number of aromatic nitrogens is 2. The fourth-order valence-electron chi connectivity index (χ4n) is 4.20. The third kappa shape index (κ3) is 10.7. The Bertz CT molecular complexity index is 1100. The van der Waals surface area contributed by atoms with Gasteiger partial charge in [0.05, 0.1) is 18.1 Å². The summed E-state index contributed by atoms with van der Waals surface area (Å²) in [6.07, 6.45) is 4.17. The summed E-state index contributed by atoms with van der Waals surface area (Å²) in [7, 11) is 1.48. The molecule has 0 spiro atoms. The lowest BCUT2D eigenvalue weighted by atomic mass is 9.99. The topological polar surface area (TPSA) is 191 Å².